The fourth-order valence-electron chi connectivity index (χ4n) is 1.04. The molecule has 0 amide bonds. The smallest absolute Gasteiger partial charge is 0.215 e. The van der Waals surface area contributed by atoms with Crippen molar-refractivity contribution < 1.29 is 20.4 Å². The molecular formula is C5H11NO4. The van der Waals surface area contributed by atoms with E-state index >= 15 is 0 Å². The highest BCUT2D eigenvalue weighted by Gasteiger charge is 2.34. The monoisotopic (exact) mass is 149 g/mol. The van der Waals surface area contributed by atoms with Crippen LogP contribution in [0.4, 0.5) is 0 Å². The van der Waals surface area contributed by atoms with Crippen molar-refractivity contribution in [2.45, 2.75) is 25.2 Å². The van der Waals surface area contributed by atoms with Crippen LogP contribution >= 0.6 is 0 Å². The highest BCUT2D eigenvalue weighted by Crippen LogP contribution is 2.16. The summed E-state index contributed by atoms with van der Waals surface area (Å²) in [4.78, 5) is 1.00. The molecular weight excluding hydrogens is 138 g/mol. The zero-order valence-electron chi connectivity index (χ0n) is 5.38. The van der Waals surface area contributed by atoms with Crippen LogP contribution in [0.2, 0.25) is 0 Å². The fourth-order valence-corrected chi connectivity index (χ4v) is 1.04. The molecule has 0 aromatic heterocycles. The lowest BCUT2D eigenvalue weighted by Crippen LogP contribution is -2.41. The molecule has 0 aliphatic carbocycles. The Morgan fingerprint density at radius 3 is 2.10 bits per heavy atom. The van der Waals surface area contributed by atoms with E-state index in [4.69, 9.17) is 20.4 Å². The second-order valence-electron chi connectivity index (χ2n) is 2.35. The summed E-state index contributed by atoms with van der Waals surface area (Å²) in [6.07, 6.45) is -3.30. The van der Waals surface area contributed by atoms with Gasteiger partial charge in [-0.25, -0.2) is 4.90 Å². The van der Waals surface area contributed by atoms with E-state index in [0.717, 1.165) is 4.90 Å². The molecule has 0 saturated carbocycles. The van der Waals surface area contributed by atoms with Gasteiger partial charge in [0, 0.05) is 6.54 Å². The normalized spacial score (nSPS) is 35.7. The van der Waals surface area contributed by atoms with Gasteiger partial charge in [-0.15, -0.1) is 0 Å². The van der Waals surface area contributed by atoms with Gasteiger partial charge < -0.3 is 20.4 Å². The first kappa shape index (κ1) is 7.90. The molecule has 4 N–H and O–H groups in total. The summed E-state index contributed by atoms with van der Waals surface area (Å²) in [5.41, 5.74) is 0. The lowest BCUT2D eigenvalue weighted by molar-refractivity contribution is -0.202. The zero-order chi connectivity index (χ0) is 7.72. The molecule has 1 fully saturated rings. The van der Waals surface area contributed by atoms with E-state index in [0.29, 0.717) is 13.0 Å². The maximum absolute atomic E-state index is 8.98. The molecule has 0 aromatic rings. The number of rotatable bonds is 1. The Morgan fingerprint density at radius 2 is 1.90 bits per heavy atom. The van der Waals surface area contributed by atoms with E-state index in [1.54, 1.807) is 0 Å². The standard InChI is InChI=1S/C5H11NO4/c7-3-1-2-6(4(3)8)5(9)10/h3-5,7-10H,1-2H2/t3-,4-/m1/s1. The minimum absolute atomic E-state index is 0.306. The van der Waals surface area contributed by atoms with Crippen LogP contribution in [0.5, 0.6) is 0 Å². The van der Waals surface area contributed by atoms with Crippen LogP contribution in [-0.4, -0.2) is 50.6 Å². The number of aliphatic hydroxyl groups is 4. The Morgan fingerprint density at radius 1 is 1.30 bits per heavy atom. The van der Waals surface area contributed by atoms with Crippen molar-refractivity contribution in [3.05, 3.63) is 0 Å². The third kappa shape index (κ3) is 1.28. The van der Waals surface area contributed by atoms with Crippen LogP contribution in [0.15, 0.2) is 0 Å². The van der Waals surface area contributed by atoms with Gasteiger partial charge in [-0.05, 0) is 6.42 Å². The van der Waals surface area contributed by atoms with Crippen LogP contribution in [0, 0.1) is 0 Å². The van der Waals surface area contributed by atoms with E-state index in [1.165, 1.54) is 0 Å². The van der Waals surface area contributed by atoms with Crippen molar-refractivity contribution in [2.24, 2.45) is 0 Å². The van der Waals surface area contributed by atoms with Gasteiger partial charge in [-0.3, -0.25) is 0 Å². The van der Waals surface area contributed by atoms with Gasteiger partial charge in [0.25, 0.3) is 0 Å². The first-order valence-corrected chi connectivity index (χ1v) is 3.11. The van der Waals surface area contributed by atoms with E-state index < -0.39 is 18.7 Å². The number of aliphatic hydroxyl groups excluding tert-OH is 3. The van der Waals surface area contributed by atoms with Gasteiger partial charge in [0.2, 0.25) is 6.41 Å². The van der Waals surface area contributed by atoms with Gasteiger partial charge in [0.05, 0.1) is 6.10 Å². The fraction of sp³-hybridized carbons (Fsp3) is 1.00. The van der Waals surface area contributed by atoms with Gasteiger partial charge in [0.15, 0.2) is 0 Å². The van der Waals surface area contributed by atoms with Gasteiger partial charge >= 0.3 is 0 Å². The third-order valence-corrected chi connectivity index (χ3v) is 1.66. The van der Waals surface area contributed by atoms with Crippen molar-refractivity contribution in [1.82, 2.24) is 4.90 Å². The van der Waals surface area contributed by atoms with E-state index in [2.05, 4.69) is 0 Å². The Kier molecular flexibility index (Phi) is 2.22. The molecule has 0 spiro atoms. The largest absolute Gasteiger partial charge is 0.389 e. The van der Waals surface area contributed by atoms with Gasteiger partial charge in [-0.1, -0.05) is 0 Å². The summed E-state index contributed by atoms with van der Waals surface area (Å²) in [5, 5.41) is 35.0. The van der Waals surface area contributed by atoms with Gasteiger partial charge in [-0.2, -0.15) is 0 Å². The maximum Gasteiger partial charge on any atom is 0.215 e. The average Bonchev–Trinajstić information content (AvgIpc) is 2.14. The number of likely N-dealkylation sites (tertiary alicyclic amines) is 1. The molecule has 0 unspecified atom stereocenters. The molecule has 1 aliphatic heterocycles. The topological polar surface area (TPSA) is 84.2 Å². The SMILES string of the molecule is OC(O)N1CC[C@@H](O)[C@H]1O. The summed E-state index contributed by atoms with van der Waals surface area (Å²) in [6.45, 7) is 0.306. The van der Waals surface area contributed by atoms with E-state index in [9.17, 15) is 0 Å². The molecule has 1 saturated heterocycles. The van der Waals surface area contributed by atoms with Crippen LogP contribution in [0.3, 0.4) is 0 Å². The van der Waals surface area contributed by atoms with Crippen molar-refractivity contribution in [3.8, 4) is 0 Å². The van der Waals surface area contributed by atoms with Crippen LogP contribution in [0.25, 0.3) is 0 Å². The lowest BCUT2D eigenvalue weighted by atomic mass is 10.3. The predicted octanol–water partition coefficient (Wildman–Crippen LogP) is -2.36. The second kappa shape index (κ2) is 2.81. The van der Waals surface area contributed by atoms with Crippen molar-refractivity contribution >= 4 is 0 Å². The van der Waals surface area contributed by atoms with E-state index in [1.807, 2.05) is 0 Å². The van der Waals surface area contributed by atoms with Crippen molar-refractivity contribution in [2.75, 3.05) is 6.54 Å². The summed E-state index contributed by atoms with van der Waals surface area (Å²) < 4.78 is 0. The maximum atomic E-state index is 8.98. The van der Waals surface area contributed by atoms with Gasteiger partial charge in [0.1, 0.15) is 6.23 Å². The average molecular weight is 149 g/mol. The zero-order valence-corrected chi connectivity index (χ0v) is 5.38. The van der Waals surface area contributed by atoms with Crippen LogP contribution < -0.4 is 0 Å². The molecule has 0 bridgehead atoms. The predicted molar refractivity (Wildman–Crippen MR) is 31.6 cm³/mol. The number of nitrogens with zero attached hydrogens (tertiary/aromatic N) is 1. The minimum Gasteiger partial charge on any atom is -0.389 e. The Labute approximate surface area is 58.1 Å². The first-order valence-electron chi connectivity index (χ1n) is 3.11. The first-order chi connectivity index (χ1) is 4.63. The minimum atomic E-state index is -1.67. The molecule has 60 valence electrons. The number of hydrogen-bond donors (Lipinski definition) is 4. The molecule has 0 radical (unpaired) electrons. The molecule has 1 heterocycles. The summed E-state index contributed by atoms with van der Waals surface area (Å²) >= 11 is 0. The van der Waals surface area contributed by atoms with Crippen molar-refractivity contribution in [1.29, 1.82) is 0 Å². The van der Waals surface area contributed by atoms with Crippen LogP contribution in [-0.2, 0) is 0 Å². The Hall–Kier alpha value is -0.200. The molecule has 1 aliphatic rings. The quantitative estimate of drug-likeness (QED) is 0.313. The summed E-state index contributed by atoms with van der Waals surface area (Å²) in [6, 6.07) is 0. The Balaban J connectivity index is 2.49. The highest BCUT2D eigenvalue weighted by atomic mass is 16.5. The summed E-state index contributed by atoms with van der Waals surface area (Å²) in [5.74, 6) is 0. The molecule has 1 rings (SSSR count). The Bertz CT molecular complexity index is 118. The highest BCUT2D eigenvalue weighted by molar-refractivity contribution is 4.77. The lowest BCUT2D eigenvalue weighted by Gasteiger charge is -2.22. The summed E-state index contributed by atoms with van der Waals surface area (Å²) in [7, 11) is 0. The molecule has 5 heteroatoms. The molecule has 2 atom stereocenters. The molecule has 0 aromatic carbocycles. The molecule has 10 heavy (non-hydrogen) atoms. The van der Waals surface area contributed by atoms with Crippen LogP contribution in [0.1, 0.15) is 6.42 Å². The number of hydrogen-bond acceptors (Lipinski definition) is 5. The van der Waals surface area contributed by atoms with Crippen molar-refractivity contribution in [3.63, 3.8) is 0 Å². The van der Waals surface area contributed by atoms with E-state index in [-0.39, 0.29) is 0 Å². The second-order valence-corrected chi connectivity index (χ2v) is 2.35. The molecule has 5 nitrogen and oxygen atoms in total. The third-order valence-electron chi connectivity index (χ3n) is 1.66.